The second-order valence-electron chi connectivity index (χ2n) is 4.75. The van der Waals surface area contributed by atoms with Gasteiger partial charge in [-0.3, -0.25) is 4.79 Å². The van der Waals surface area contributed by atoms with Gasteiger partial charge in [0.2, 0.25) is 0 Å². The maximum absolute atomic E-state index is 12.3. The van der Waals surface area contributed by atoms with Crippen LogP contribution in [-0.4, -0.2) is 15.6 Å². The van der Waals surface area contributed by atoms with E-state index in [4.69, 9.17) is 5.11 Å². The molecule has 4 heteroatoms. The van der Waals surface area contributed by atoms with Crippen molar-refractivity contribution in [3.63, 3.8) is 0 Å². The Labute approximate surface area is 114 Å². The highest BCUT2D eigenvalue weighted by Gasteiger charge is 2.17. The monoisotopic (exact) mass is 265 g/mol. The Hall–Kier alpha value is -1.58. The maximum Gasteiger partial charge on any atom is 0.341 e. The number of nitrogens with zero attached hydrogens (tertiary/aromatic N) is 1. The van der Waals surface area contributed by atoms with Crippen LogP contribution in [0.25, 0.3) is 0 Å². The third kappa shape index (κ3) is 3.46. The molecule has 0 atom stereocenters. The molecule has 0 saturated heterocycles. The molecule has 0 unspecified atom stereocenters. The topological polar surface area (TPSA) is 59.3 Å². The lowest BCUT2D eigenvalue weighted by atomic mass is 10.0. The Morgan fingerprint density at radius 2 is 1.95 bits per heavy atom. The molecule has 1 aromatic heterocycles. The van der Waals surface area contributed by atoms with E-state index in [-0.39, 0.29) is 11.1 Å². The molecular formula is C15H23NO3. The summed E-state index contributed by atoms with van der Waals surface area (Å²) in [5, 5.41) is 9.14. The number of aryl methyl sites for hydroxylation is 1. The molecule has 0 fully saturated rings. The van der Waals surface area contributed by atoms with Gasteiger partial charge in [-0.2, -0.15) is 0 Å². The average molecular weight is 265 g/mol. The van der Waals surface area contributed by atoms with Crippen LogP contribution >= 0.6 is 0 Å². The molecule has 0 radical (unpaired) electrons. The van der Waals surface area contributed by atoms with Crippen molar-refractivity contribution in [2.45, 2.75) is 59.4 Å². The summed E-state index contributed by atoms with van der Waals surface area (Å²) in [7, 11) is 0. The Bertz CT molecular complexity index is 503. The molecule has 0 aliphatic rings. The summed E-state index contributed by atoms with van der Waals surface area (Å²) in [4.78, 5) is 23.4. The van der Waals surface area contributed by atoms with Crippen molar-refractivity contribution in [2.75, 3.05) is 0 Å². The van der Waals surface area contributed by atoms with E-state index in [1.54, 1.807) is 10.6 Å². The minimum Gasteiger partial charge on any atom is -0.477 e. The highest BCUT2D eigenvalue weighted by Crippen LogP contribution is 2.13. The third-order valence-electron chi connectivity index (χ3n) is 3.32. The predicted molar refractivity (Wildman–Crippen MR) is 75.9 cm³/mol. The first-order valence-corrected chi connectivity index (χ1v) is 7.05. The molecule has 19 heavy (non-hydrogen) atoms. The Morgan fingerprint density at radius 3 is 2.42 bits per heavy atom. The minimum atomic E-state index is -1.13. The van der Waals surface area contributed by atoms with E-state index in [2.05, 4.69) is 13.8 Å². The fourth-order valence-corrected chi connectivity index (χ4v) is 2.30. The van der Waals surface area contributed by atoms with Gasteiger partial charge in [0, 0.05) is 12.2 Å². The Kier molecular flexibility index (Phi) is 5.80. The van der Waals surface area contributed by atoms with Crippen molar-refractivity contribution in [1.82, 2.24) is 4.57 Å². The van der Waals surface area contributed by atoms with Crippen LogP contribution in [0, 0.1) is 0 Å². The van der Waals surface area contributed by atoms with Crippen LogP contribution in [0.1, 0.15) is 61.6 Å². The zero-order valence-electron chi connectivity index (χ0n) is 12.0. The molecule has 106 valence electrons. The van der Waals surface area contributed by atoms with E-state index in [0.717, 1.165) is 43.4 Å². The van der Waals surface area contributed by atoms with E-state index in [9.17, 15) is 9.59 Å². The molecular weight excluding hydrogens is 242 g/mol. The SMILES string of the molecule is CCCCn1c(CCC)c(CC)cc(C(=O)O)c1=O. The number of carboxylic acid groups (broad SMARTS) is 1. The number of carbonyl (C=O) groups is 1. The molecule has 0 amide bonds. The molecule has 1 aromatic rings. The van der Waals surface area contributed by atoms with Crippen LogP contribution in [-0.2, 0) is 19.4 Å². The van der Waals surface area contributed by atoms with E-state index in [1.807, 2.05) is 6.92 Å². The van der Waals surface area contributed by atoms with Crippen LogP contribution in [0.3, 0.4) is 0 Å². The molecule has 0 aromatic carbocycles. The number of hydrogen-bond acceptors (Lipinski definition) is 2. The largest absolute Gasteiger partial charge is 0.477 e. The molecule has 0 saturated carbocycles. The fraction of sp³-hybridized carbons (Fsp3) is 0.600. The summed E-state index contributed by atoms with van der Waals surface area (Å²) in [6, 6.07) is 1.55. The van der Waals surface area contributed by atoms with Gasteiger partial charge in [0.1, 0.15) is 5.56 Å². The third-order valence-corrected chi connectivity index (χ3v) is 3.32. The van der Waals surface area contributed by atoms with Crippen molar-refractivity contribution in [3.8, 4) is 0 Å². The van der Waals surface area contributed by atoms with Gasteiger partial charge < -0.3 is 9.67 Å². The summed E-state index contributed by atoms with van der Waals surface area (Å²) in [5.74, 6) is -1.13. The molecule has 0 spiro atoms. The summed E-state index contributed by atoms with van der Waals surface area (Å²) < 4.78 is 1.68. The smallest absolute Gasteiger partial charge is 0.341 e. The standard InChI is InChI=1S/C15H23NO3/c1-4-7-9-16-13(8-5-2)11(6-3)10-12(14(16)17)15(18)19/h10H,4-9H2,1-3H3,(H,18,19). The zero-order valence-corrected chi connectivity index (χ0v) is 12.0. The first-order chi connectivity index (χ1) is 9.06. The average Bonchev–Trinajstić information content (AvgIpc) is 2.38. The van der Waals surface area contributed by atoms with Crippen molar-refractivity contribution < 1.29 is 9.90 Å². The summed E-state index contributed by atoms with van der Waals surface area (Å²) in [5.41, 5.74) is 1.53. The van der Waals surface area contributed by atoms with Gasteiger partial charge in [0.15, 0.2) is 0 Å². The van der Waals surface area contributed by atoms with Crippen molar-refractivity contribution >= 4 is 5.97 Å². The lowest BCUT2D eigenvalue weighted by Gasteiger charge is -2.17. The molecule has 0 bridgehead atoms. The van der Waals surface area contributed by atoms with E-state index in [1.165, 1.54) is 0 Å². The first kappa shape index (κ1) is 15.5. The lowest BCUT2D eigenvalue weighted by molar-refractivity contribution is 0.0694. The van der Waals surface area contributed by atoms with Crippen molar-refractivity contribution in [3.05, 3.63) is 33.2 Å². The number of aromatic nitrogens is 1. The number of carboxylic acids is 1. The molecule has 1 N–H and O–H groups in total. The highest BCUT2D eigenvalue weighted by molar-refractivity contribution is 5.87. The van der Waals surface area contributed by atoms with Crippen LogP contribution in [0.4, 0.5) is 0 Å². The van der Waals surface area contributed by atoms with Crippen LogP contribution in [0.5, 0.6) is 0 Å². The van der Waals surface area contributed by atoms with Gasteiger partial charge in [0.25, 0.3) is 5.56 Å². The van der Waals surface area contributed by atoms with E-state index in [0.29, 0.717) is 6.54 Å². The summed E-state index contributed by atoms with van der Waals surface area (Å²) in [6.07, 6.45) is 4.40. The quantitative estimate of drug-likeness (QED) is 0.824. The number of pyridine rings is 1. The van der Waals surface area contributed by atoms with Crippen LogP contribution < -0.4 is 5.56 Å². The Morgan fingerprint density at radius 1 is 1.26 bits per heavy atom. The number of rotatable bonds is 7. The molecule has 1 rings (SSSR count). The van der Waals surface area contributed by atoms with Gasteiger partial charge in [-0.1, -0.05) is 33.6 Å². The molecule has 0 aliphatic carbocycles. The minimum absolute atomic E-state index is 0.104. The highest BCUT2D eigenvalue weighted by atomic mass is 16.4. The molecule has 4 nitrogen and oxygen atoms in total. The second-order valence-corrected chi connectivity index (χ2v) is 4.75. The van der Waals surface area contributed by atoms with Crippen LogP contribution in [0.15, 0.2) is 10.9 Å². The maximum atomic E-state index is 12.3. The number of aromatic carboxylic acids is 1. The molecule has 0 aliphatic heterocycles. The van der Waals surface area contributed by atoms with Crippen molar-refractivity contribution in [2.24, 2.45) is 0 Å². The van der Waals surface area contributed by atoms with Gasteiger partial charge in [-0.15, -0.1) is 0 Å². The zero-order chi connectivity index (χ0) is 14.4. The molecule has 1 heterocycles. The van der Waals surface area contributed by atoms with Gasteiger partial charge in [0.05, 0.1) is 0 Å². The fourth-order valence-electron chi connectivity index (χ4n) is 2.30. The Balaban J connectivity index is 3.45. The normalized spacial score (nSPS) is 10.7. The van der Waals surface area contributed by atoms with Gasteiger partial charge >= 0.3 is 5.97 Å². The number of unbranched alkanes of at least 4 members (excludes halogenated alkanes) is 1. The number of hydrogen-bond donors (Lipinski definition) is 1. The van der Waals surface area contributed by atoms with Gasteiger partial charge in [-0.25, -0.2) is 4.79 Å². The summed E-state index contributed by atoms with van der Waals surface area (Å²) >= 11 is 0. The van der Waals surface area contributed by atoms with E-state index >= 15 is 0 Å². The van der Waals surface area contributed by atoms with E-state index < -0.39 is 5.97 Å². The second kappa shape index (κ2) is 7.12. The lowest BCUT2D eigenvalue weighted by Crippen LogP contribution is -2.30. The first-order valence-electron chi connectivity index (χ1n) is 7.05. The van der Waals surface area contributed by atoms with Gasteiger partial charge in [-0.05, 0) is 30.9 Å². The van der Waals surface area contributed by atoms with Crippen LogP contribution in [0.2, 0.25) is 0 Å². The van der Waals surface area contributed by atoms with Crippen molar-refractivity contribution in [1.29, 1.82) is 0 Å². The summed E-state index contributed by atoms with van der Waals surface area (Å²) in [6.45, 7) is 6.74. The predicted octanol–water partition coefficient (Wildman–Crippen LogP) is 2.86.